The van der Waals surface area contributed by atoms with Gasteiger partial charge in [-0.25, -0.2) is 0 Å². The SMILES string of the molecule is CC1=C(CCc2ccoc2)[C@@]2(C)CCCC(C)(C)C2=CC1=O. The summed E-state index contributed by atoms with van der Waals surface area (Å²) < 4.78 is 5.17. The molecule has 0 aliphatic heterocycles. The number of allylic oxidation sites excluding steroid dienone is 4. The number of rotatable bonds is 3. The molecular formula is C20H26O2. The molecule has 0 saturated heterocycles. The van der Waals surface area contributed by atoms with E-state index in [-0.39, 0.29) is 16.6 Å². The summed E-state index contributed by atoms with van der Waals surface area (Å²) in [4.78, 5) is 12.5. The number of hydrogen-bond donors (Lipinski definition) is 0. The fourth-order valence-electron chi connectivity index (χ4n) is 4.54. The van der Waals surface area contributed by atoms with E-state index >= 15 is 0 Å². The average molecular weight is 298 g/mol. The van der Waals surface area contributed by atoms with Crippen molar-refractivity contribution in [3.8, 4) is 0 Å². The highest BCUT2D eigenvalue weighted by Gasteiger charge is 2.46. The second-order valence-electron chi connectivity index (χ2n) is 7.73. The van der Waals surface area contributed by atoms with Crippen molar-refractivity contribution in [3.05, 3.63) is 47.0 Å². The van der Waals surface area contributed by atoms with Gasteiger partial charge in [-0.15, -0.1) is 0 Å². The molecule has 1 saturated carbocycles. The van der Waals surface area contributed by atoms with Gasteiger partial charge < -0.3 is 4.42 Å². The average Bonchev–Trinajstić information content (AvgIpc) is 2.94. The van der Waals surface area contributed by atoms with Crippen LogP contribution in [0.1, 0.15) is 58.9 Å². The maximum absolute atomic E-state index is 12.5. The van der Waals surface area contributed by atoms with Crippen molar-refractivity contribution in [2.75, 3.05) is 0 Å². The zero-order valence-corrected chi connectivity index (χ0v) is 14.2. The van der Waals surface area contributed by atoms with Crippen LogP contribution in [0.25, 0.3) is 0 Å². The molecule has 1 atom stereocenters. The Labute approximate surface area is 133 Å². The third kappa shape index (κ3) is 2.39. The van der Waals surface area contributed by atoms with Crippen molar-refractivity contribution >= 4 is 5.78 Å². The summed E-state index contributed by atoms with van der Waals surface area (Å²) in [5.74, 6) is 0.213. The first-order valence-corrected chi connectivity index (χ1v) is 8.33. The summed E-state index contributed by atoms with van der Waals surface area (Å²) in [6.07, 6.45) is 10.9. The Hall–Kier alpha value is -1.57. The fourth-order valence-corrected chi connectivity index (χ4v) is 4.54. The van der Waals surface area contributed by atoms with E-state index < -0.39 is 0 Å². The number of carbonyl (C=O) groups excluding carboxylic acids is 1. The molecule has 0 spiro atoms. The van der Waals surface area contributed by atoms with Crippen molar-refractivity contribution in [1.29, 1.82) is 0 Å². The molecule has 0 bridgehead atoms. The van der Waals surface area contributed by atoms with Crippen LogP contribution in [0.2, 0.25) is 0 Å². The maximum atomic E-state index is 12.5. The highest BCUT2D eigenvalue weighted by Crippen LogP contribution is 2.57. The van der Waals surface area contributed by atoms with Gasteiger partial charge >= 0.3 is 0 Å². The highest BCUT2D eigenvalue weighted by molar-refractivity contribution is 6.06. The van der Waals surface area contributed by atoms with E-state index in [9.17, 15) is 4.79 Å². The van der Waals surface area contributed by atoms with Crippen molar-refractivity contribution in [3.63, 3.8) is 0 Å². The minimum Gasteiger partial charge on any atom is -0.472 e. The molecule has 2 heteroatoms. The molecule has 118 valence electrons. The molecule has 1 fully saturated rings. The summed E-state index contributed by atoms with van der Waals surface area (Å²) in [6.45, 7) is 8.93. The number of aryl methyl sites for hydroxylation is 1. The van der Waals surface area contributed by atoms with E-state index in [4.69, 9.17) is 4.42 Å². The molecule has 2 aliphatic rings. The molecule has 1 aromatic rings. The predicted molar refractivity (Wildman–Crippen MR) is 88.6 cm³/mol. The van der Waals surface area contributed by atoms with Gasteiger partial charge in [0.25, 0.3) is 0 Å². The molecule has 1 heterocycles. The second kappa shape index (κ2) is 5.26. The number of ketones is 1. The molecule has 22 heavy (non-hydrogen) atoms. The van der Waals surface area contributed by atoms with Crippen LogP contribution >= 0.6 is 0 Å². The lowest BCUT2D eigenvalue weighted by Gasteiger charge is -2.49. The van der Waals surface area contributed by atoms with Crippen molar-refractivity contribution < 1.29 is 9.21 Å². The molecule has 1 aromatic heterocycles. The summed E-state index contributed by atoms with van der Waals surface area (Å²) in [5.41, 5.74) is 5.07. The number of furan rings is 1. The van der Waals surface area contributed by atoms with E-state index in [1.165, 1.54) is 29.6 Å². The fraction of sp³-hybridized carbons (Fsp3) is 0.550. The van der Waals surface area contributed by atoms with Crippen LogP contribution < -0.4 is 0 Å². The second-order valence-corrected chi connectivity index (χ2v) is 7.73. The van der Waals surface area contributed by atoms with Crippen molar-refractivity contribution in [2.24, 2.45) is 10.8 Å². The van der Waals surface area contributed by atoms with Crippen LogP contribution in [0, 0.1) is 10.8 Å². The third-order valence-electron chi connectivity index (χ3n) is 5.81. The van der Waals surface area contributed by atoms with Crippen LogP contribution in [0.5, 0.6) is 0 Å². The summed E-state index contributed by atoms with van der Waals surface area (Å²) in [5, 5.41) is 0. The number of hydrogen-bond acceptors (Lipinski definition) is 2. The summed E-state index contributed by atoms with van der Waals surface area (Å²) >= 11 is 0. The predicted octanol–water partition coefficient (Wildman–Crippen LogP) is 5.25. The summed E-state index contributed by atoms with van der Waals surface area (Å²) in [7, 11) is 0. The first-order chi connectivity index (χ1) is 10.3. The van der Waals surface area contributed by atoms with E-state index in [0.29, 0.717) is 0 Å². The largest absolute Gasteiger partial charge is 0.472 e. The van der Waals surface area contributed by atoms with E-state index in [0.717, 1.165) is 24.8 Å². The lowest BCUT2D eigenvalue weighted by molar-refractivity contribution is -0.111. The van der Waals surface area contributed by atoms with Crippen LogP contribution in [0.3, 0.4) is 0 Å². The van der Waals surface area contributed by atoms with Crippen LogP contribution in [0.4, 0.5) is 0 Å². The van der Waals surface area contributed by atoms with E-state index in [1.54, 1.807) is 6.26 Å². The molecule has 0 aromatic carbocycles. The quantitative estimate of drug-likeness (QED) is 0.762. The molecule has 0 N–H and O–H groups in total. The van der Waals surface area contributed by atoms with Crippen molar-refractivity contribution in [2.45, 2.75) is 59.8 Å². The van der Waals surface area contributed by atoms with Gasteiger partial charge in [0.05, 0.1) is 12.5 Å². The van der Waals surface area contributed by atoms with Crippen LogP contribution in [-0.2, 0) is 11.2 Å². The highest BCUT2D eigenvalue weighted by atomic mass is 16.3. The lowest BCUT2D eigenvalue weighted by atomic mass is 9.54. The maximum Gasteiger partial charge on any atom is 0.181 e. The topological polar surface area (TPSA) is 30.2 Å². The standard InChI is InChI=1S/C20H26O2/c1-14-16(7-6-15-8-11-22-13-15)20(4)10-5-9-19(2,3)18(20)12-17(14)21/h8,11-13H,5-7,9-10H2,1-4H3/t20-/m1/s1. The van der Waals surface area contributed by atoms with Gasteiger partial charge in [0, 0.05) is 5.41 Å². The lowest BCUT2D eigenvalue weighted by Crippen LogP contribution is -2.39. The van der Waals surface area contributed by atoms with E-state index in [2.05, 4.69) is 20.8 Å². The minimum atomic E-state index is 0.0590. The Balaban J connectivity index is 1.96. The number of carbonyl (C=O) groups is 1. The zero-order chi connectivity index (χ0) is 16.0. The normalized spacial score (nSPS) is 27.6. The monoisotopic (exact) mass is 298 g/mol. The van der Waals surface area contributed by atoms with Gasteiger partial charge in [0.15, 0.2) is 5.78 Å². The van der Waals surface area contributed by atoms with Gasteiger partial charge in [-0.1, -0.05) is 38.3 Å². The Morgan fingerprint density at radius 3 is 2.64 bits per heavy atom. The molecule has 2 nitrogen and oxygen atoms in total. The molecule has 0 radical (unpaired) electrons. The Morgan fingerprint density at radius 1 is 1.18 bits per heavy atom. The van der Waals surface area contributed by atoms with Crippen molar-refractivity contribution in [1.82, 2.24) is 0 Å². The third-order valence-corrected chi connectivity index (χ3v) is 5.81. The van der Waals surface area contributed by atoms with Gasteiger partial charge in [-0.3, -0.25) is 4.79 Å². The smallest absolute Gasteiger partial charge is 0.181 e. The molecule has 0 unspecified atom stereocenters. The Morgan fingerprint density at radius 2 is 1.95 bits per heavy atom. The van der Waals surface area contributed by atoms with Gasteiger partial charge in [-0.05, 0) is 61.3 Å². The van der Waals surface area contributed by atoms with Gasteiger partial charge in [0.1, 0.15) is 0 Å². The van der Waals surface area contributed by atoms with Crippen LogP contribution in [-0.4, -0.2) is 5.78 Å². The summed E-state index contributed by atoms with van der Waals surface area (Å²) in [6, 6.07) is 2.02. The Kier molecular flexibility index (Phi) is 3.66. The van der Waals surface area contributed by atoms with E-state index in [1.807, 2.05) is 25.3 Å². The first kappa shape index (κ1) is 15.3. The van der Waals surface area contributed by atoms with Gasteiger partial charge in [-0.2, -0.15) is 0 Å². The molecule has 2 aliphatic carbocycles. The zero-order valence-electron chi connectivity index (χ0n) is 14.2. The Bertz CT molecular complexity index is 643. The molecule has 3 rings (SSSR count). The van der Waals surface area contributed by atoms with Gasteiger partial charge in [0.2, 0.25) is 0 Å². The molecular weight excluding hydrogens is 272 g/mol. The number of fused-ring (bicyclic) bond motifs is 1. The minimum absolute atomic E-state index is 0.0590. The van der Waals surface area contributed by atoms with Crippen LogP contribution in [0.15, 0.2) is 45.8 Å². The molecule has 0 amide bonds. The first-order valence-electron chi connectivity index (χ1n) is 8.33.